The first kappa shape index (κ1) is 38.1. The molecule has 52 heavy (non-hydrogen) atoms. The van der Waals surface area contributed by atoms with Crippen LogP contribution >= 0.6 is 22.9 Å². The molecule has 7 rings (SSSR count). The second-order valence-electron chi connectivity index (χ2n) is 15.3. The molecule has 1 N–H and O–H groups in total. The predicted octanol–water partition coefficient (Wildman–Crippen LogP) is 6.86. The number of aliphatic hydroxyl groups excluding tert-OH is 1. The van der Waals surface area contributed by atoms with Gasteiger partial charge in [-0.05, 0) is 75.0 Å². The number of thiazole rings is 1. The van der Waals surface area contributed by atoms with E-state index in [1.807, 2.05) is 45.0 Å². The highest BCUT2D eigenvalue weighted by Gasteiger charge is 2.57. The zero-order chi connectivity index (χ0) is 36.8. The molecule has 0 bridgehead atoms. The van der Waals surface area contributed by atoms with Gasteiger partial charge in [-0.15, -0.1) is 11.3 Å². The highest BCUT2D eigenvalue weighted by Crippen LogP contribution is 2.63. The molecule has 2 aromatic rings. The van der Waals surface area contributed by atoms with Crippen molar-refractivity contribution in [2.75, 3.05) is 21.3 Å². The van der Waals surface area contributed by atoms with Crippen LogP contribution in [-0.4, -0.2) is 92.2 Å². The number of methoxy groups -OCH3 is 3. The number of ketones is 1. The smallest absolute Gasteiger partial charge is 0.306 e. The number of allylic oxidation sites excluding steroid dienone is 2. The maximum Gasteiger partial charge on any atom is 0.306 e. The van der Waals surface area contributed by atoms with E-state index in [9.17, 15) is 14.7 Å². The quantitative estimate of drug-likeness (QED) is 0.300. The number of nitrogens with zero attached hydrogens (tertiary/aromatic N) is 1. The Bertz CT molecular complexity index is 1630. The number of esters is 1. The number of carbonyl (C=O) groups excluding carboxylic acids is 2. The number of hydrogen-bond donors (Lipinski definition) is 1. The van der Waals surface area contributed by atoms with Crippen molar-refractivity contribution >= 4 is 34.7 Å². The van der Waals surface area contributed by atoms with E-state index in [1.54, 1.807) is 32.7 Å². The van der Waals surface area contributed by atoms with Gasteiger partial charge in [0.25, 0.3) is 0 Å². The molecule has 0 spiro atoms. The van der Waals surface area contributed by atoms with Crippen molar-refractivity contribution in [1.29, 1.82) is 0 Å². The van der Waals surface area contributed by atoms with Crippen LogP contribution in [0.15, 0.2) is 35.9 Å². The summed E-state index contributed by atoms with van der Waals surface area (Å²) in [6, 6.07) is 7.71. The molecule has 0 unspecified atom stereocenters. The van der Waals surface area contributed by atoms with E-state index < -0.39 is 30.3 Å². The molecule has 0 radical (unpaired) electrons. The first-order valence-electron chi connectivity index (χ1n) is 18.9. The minimum atomic E-state index is -0.770. The van der Waals surface area contributed by atoms with E-state index >= 15 is 0 Å². The summed E-state index contributed by atoms with van der Waals surface area (Å²) < 4.78 is 36.7. The Kier molecular flexibility index (Phi) is 11.6. The molecule has 2 saturated heterocycles. The van der Waals surface area contributed by atoms with E-state index in [4.69, 9.17) is 45.0 Å². The van der Waals surface area contributed by atoms with Crippen LogP contribution in [0, 0.1) is 23.7 Å². The van der Waals surface area contributed by atoms with Crippen molar-refractivity contribution in [3.63, 3.8) is 0 Å². The zero-order valence-electron chi connectivity index (χ0n) is 30.9. The van der Waals surface area contributed by atoms with Gasteiger partial charge >= 0.3 is 5.97 Å². The number of ether oxygens (including phenoxy) is 6. The van der Waals surface area contributed by atoms with Crippen molar-refractivity contribution in [2.45, 2.75) is 127 Å². The van der Waals surface area contributed by atoms with Crippen LogP contribution in [0.3, 0.4) is 0 Å². The highest BCUT2D eigenvalue weighted by atomic mass is 35.5. The molecule has 5 aliphatic rings. The highest BCUT2D eigenvalue weighted by molar-refractivity contribution is 7.15. The lowest BCUT2D eigenvalue weighted by Gasteiger charge is -2.44. The van der Waals surface area contributed by atoms with Gasteiger partial charge in [0, 0.05) is 60.5 Å². The van der Waals surface area contributed by atoms with E-state index in [2.05, 4.69) is 6.08 Å². The number of halogens is 1. The number of aromatic nitrogens is 1. The molecule has 14 atom stereocenters. The Morgan fingerprint density at radius 2 is 1.71 bits per heavy atom. The van der Waals surface area contributed by atoms with Crippen molar-refractivity contribution in [3.05, 3.63) is 51.5 Å². The SMILES string of the molecule is CC[C@H]1CCC[C@H](O)[C@@H](C)C(=O)C2=C[C@H]3[C@@H]4C[C@H](O[C@@H]5O[C@@H](C)[C@H](OC)[C@@H](OC)[C@H]5OC)C[C@H]4c4sc(-c5ccc(Cl)cc5)nc4[C@H]3[C@@H]2CC(=O)O1. The molecular weight excluding hydrogens is 706 g/mol. The summed E-state index contributed by atoms with van der Waals surface area (Å²) in [6.07, 6.45) is 2.96. The molecule has 1 saturated carbocycles. The lowest BCUT2D eigenvalue weighted by Crippen LogP contribution is -2.59. The number of rotatable bonds is 7. The number of hydrogen-bond acceptors (Lipinski definition) is 11. The number of carbonyl (C=O) groups is 2. The molecule has 3 heterocycles. The van der Waals surface area contributed by atoms with E-state index in [1.165, 1.54) is 4.88 Å². The third kappa shape index (κ3) is 7.05. The van der Waals surface area contributed by atoms with Crippen molar-refractivity contribution in [3.8, 4) is 10.6 Å². The Labute approximate surface area is 315 Å². The van der Waals surface area contributed by atoms with Gasteiger partial charge in [0.15, 0.2) is 12.1 Å². The van der Waals surface area contributed by atoms with Gasteiger partial charge < -0.3 is 33.5 Å². The van der Waals surface area contributed by atoms with Crippen LogP contribution in [0.1, 0.15) is 88.1 Å². The van der Waals surface area contributed by atoms with Crippen LogP contribution in [-0.2, 0) is 38.0 Å². The Morgan fingerprint density at radius 3 is 2.40 bits per heavy atom. The van der Waals surface area contributed by atoms with E-state index in [0.717, 1.165) is 29.1 Å². The molecule has 3 fully saturated rings. The van der Waals surface area contributed by atoms with Gasteiger partial charge in [-0.1, -0.05) is 43.7 Å². The standard InChI is InChI=1S/C40H52ClNO9S/c1-7-23-9-8-10-30(43)19(2)34(45)28-17-26-25-15-24(51-40-37(48-6)36(47-5)35(46-4)20(3)49-40)16-29(25)38-33(32(26)27(28)18-31(44)50-23)42-39(52-38)21-11-13-22(41)14-12-21/h11-14,17,19-20,23-27,29-30,32,35-37,40,43H,7-10,15-16,18H2,1-6H3/t19-,20+,23+,24+,25+,26+,27-,29-,30+,32-,35+,36-,37-,40+/m1/s1. The first-order chi connectivity index (χ1) is 25.1. The monoisotopic (exact) mass is 757 g/mol. The summed E-state index contributed by atoms with van der Waals surface area (Å²) in [5.41, 5.74) is 2.55. The maximum atomic E-state index is 14.3. The molecule has 10 nitrogen and oxygen atoms in total. The number of aliphatic hydroxyl groups is 1. The zero-order valence-corrected chi connectivity index (χ0v) is 32.4. The van der Waals surface area contributed by atoms with Crippen LogP contribution in [0.25, 0.3) is 10.6 Å². The minimum absolute atomic E-state index is 0.0477. The summed E-state index contributed by atoms with van der Waals surface area (Å²) in [6.45, 7) is 5.79. The first-order valence-corrected chi connectivity index (χ1v) is 20.0. The largest absolute Gasteiger partial charge is 0.462 e. The average molecular weight is 758 g/mol. The van der Waals surface area contributed by atoms with Crippen molar-refractivity contribution in [2.24, 2.45) is 23.7 Å². The second-order valence-corrected chi connectivity index (χ2v) is 16.8. The summed E-state index contributed by atoms with van der Waals surface area (Å²) in [4.78, 5) is 34.5. The molecule has 284 valence electrons. The summed E-state index contributed by atoms with van der Waals surface area (Å²) >= 11 is 7.95. The van der Waals surface area contributed by atoms with Crippen molar-refractivity contribution < 1.29 is 43.1 Å². The number of fused-ring (bicyclic) bond motifs is 8. The second kappa shape index (κ2) is 15.9. The van der Waals surface area contributed by atoms with Gasteiger partial charge in [0.1, 0.15) is 29.4 Å². The van der Waals surface area contributed by atoms with Gasteiger partial charge in [0.2, 0.25) is 0 Å². The summed E-state index contributed by atoms with van der Waals surface area (Å²) in [7, 11) is 4.93. The molecule has 12 heteroatoms. The minimum Gasteiger partial charge on any atom is -0.462 e. The van der Waals surface area contributed by atoms with Gasteiger partial charge in [-0.2, -0.15) is 0 Å². The molecular formula is C40H52ClNO9S. The molecule has 2 aliphatic heterocycles. The Morgan fingerprint density at radius 1 is 0.981 bits per heavy atom. The van der Waals surface area contributed by atoms with E-state index in [-0.39, 0.29) is 72.4 Å². The predicted molar refractivity (Wildman–Crippen MR) is 196 cm³/mol. The lowest BCUT2D eigenvalue weighted by atomic mass is 9.67. The summed E-state index contributed by atoms with van der Waals surface area (Å²) in [5.74, 6) is -1.35. The fourth-order valence-electron chi connectivity index (χ4n) is 9.70. The third-order valence-electron chi connectivity index (χ3n) is 12.4. The third-order valence-corrected chi connectivity index (χ3v) is 13.9. The molecule has 3 aliphatic carbocycles. The topological polar surface area (TPSA) is 123 Å². The Balaban J connectivity index is 1.26. The molecule has 1 aromatic heterocycles. The van der Waals surface area contributed by atoms with Gasteiger partial charge in [0.05, 0.1) is 30.4 Å². The summed E-state index contributed by atoms with van der Waals surface area (Å²) in [5, 5.41) is 12.7. The normalized spacial score (nSPS) is 39.3. The van der Waals surface area contributed by atoms with E-state index in [0.29, 0.717) is 36.3 Å². The van der Waals surface area contributed by atoms with Crippen molar-refractivity contribution in [1.82, 2.24) is 4.98 Å². The van der Waals surface area contributed by atoms with Crippen LogP contribution in [0.2, 0.25) is 5.02 Å². The molecule has 0 amide bonds. The van der Waals surface area contributed by atoms with Gasteiger partial charge in [-0.25, -0.2) is 4.98 Å². The van der Waals surface area contributed by atoms with Gasteiger partial charge in [-0.3, -0.25) is 9.59 Å². The van der Waals surface area contributed by atoms with Crippen LogP contribution in [0.4, 0.5) is 0 Å². The lowest BCUT2D eigenvalue weighted by molar-refractivity contribution is -0.314. The number of cyclic esters (lactones) is 1. The van der Waals surface area contributed by atoms with Crippen LogP contribution in [0.5, 0.6) is 0 Å². The number of benzene rings is 1. The molecule has 1 aromatic carbocycles. The average Bonchev–Trinajstić information content (AvgIpc) is 3.85. The Hall–Kier alpha value is -2.22. The van der Waals surface area contributed by atoms with Crippen LogP contribution < -0.4 is 0 Å². The fraction of sp³-hybridized carbons (Fsp3) is 0.675. The fourth-order valence-corrected chi connectivity index (χ4v) is 11.1. The maximum absolute atomic E-state index is 14.3. The number of Topliss-reactive ketones (excluding diaryl/α,β-unsaturated/α-hetero) is 1.